The molecule has 0 atom stereocenters. The maximum absolute atomic E-state index is 12.5. The van der Waals surface area contributed by atoms with E-state index in [0.29, 0.717) is 12.2 Å². The third kappa shape index (κ3) is 4.55. The van der Waals surface area contributed by atoms with Gasteiger partial charge < -0.3 is 4.74 Å². The summed E-state index contributed by atoms with van der Waals surface area (Å²) in [5, 5.41) is 10.6. The summed E-state index contributed by atoms with van der Waals surface area (Å²) >= 11 is 0. The highest BCUT2D eigenvalue weighted by molar-refractivity contribution is 7.89. The first kappa shape index (κ1) is 18.9. The Labute approximate surface area is 146 Å². The van der Waals surface area contributed by atoms with Crippen molar-refractivity contribution in [3.8, 4) is 5.75 Å². The van der Waals surface area contributed by atoms with Crippen LogP contribution in [0.3, 0.4) is 0 Å². The van der Waals surface area contributed by atoms with E-state index >= 15 is 0 Å². The Morgan fingerprint density at radius 1 is 1.12 bits per heavy atom. The van der Waals surface area contributed by atoms with Gasteiger partial charge in [0.1, 0.15) is 10.6 Å². The zero-order valence-electron chi connectivity index (χ0n) is 14.3. The minimum absolute atomic E-state index is 0.00389. The zero-order valence-corrected chi connectivity index (χ0v) is 15.1. The lowest BCUT2D eigenvalue weighted by atomic mass is 10.1. The van der Waals surface area contributed by atoms with Crippen LogP contribution in [0.4, 0.5) is 5.69 Å². The topological polar surface area (TPSA) is 98.5 Å². The average molecular weight is 364 g/mol. The molecule has 0 aromatic heterocycles. The highest BCUT2D eigenvalue weighted by Gasteiger charge is 2.20. The van der Waals surface area contributed by atoms with Crippen LogP contribution in [0.5, 0.6) is 5.75 Å². The monoisotopic (exact) mass is 364 g/mol. The van der Waals surface area contributed by atoms with Gasteiger partial charge in [-0.25, -0.2) is 13.1 Å². The van der Waals surface area contributed by atoms with Crippen molar-refractivity contribution in [2.24, 2.45) is 0 Å². The van der Waals surface area contributed by atoms with Gasteiger partial charge in [0.15, 0.2) is 0 Å². The van der Waals surface area contributed by atoms with E-state index in [2.05, 4.69) is 4.72 Å². The van der Waals surface area contributed by atoms with Crippen LogP contribution in [0.25, 0.3) is 0 Å². The maximum atomic E-state index is 12.5. The fourth-order valence-corrected chi connectivity index (χ4v) is 3.59. The fourth-order valence-electron chi connectivity index (χ4n) is 2.32. The maximum Gasteiger partial charge on any atom is 0.269 e. The van der Waals surface area contributed by atoms with Crippen molar-refractivity contribution in [2.75, 3.05) is 13.7 Å². The normalized spacial score (nSPS) is 11.3. The van der Waals surface area contributed by atoms with E-state index in [1.54, 1.807) is 24.3 Å². The van der Waals surface area contributed by atoms with Gasteiger partial charge in [-0.15, -0.1) is 0 Å². The van der Waals surface area contributed by atoms with Crippen molar-refractivity contribution >= 4 is 15.7 Å². The molecular weight excluding hydrogens is 344 g/mol. The number of nitro groups is 1. The van der Waals surface area contributed by atoms with Crippen LogP contribution in [0.1, 0.15) is 16.7 Å². The Bertz CT molecular complexity index is 877. The Balaban J connectivity index is 2.09. The number of nitrogens with zero attached hydrogens (tertiary/aromatic N) is 1. The summed E-state index contributed by atoms with van der Waals surface area (Å²) in [5.41, 5.74) is 2.61. The molecule has 2 aromatic rings. The summed E-state index contributed by atoms with van der Waals surface area (Å²) < 4.78 is 32.8. The fraction of sp³-hybridized carbons (Fsp3) is 0.294. The lowest BCUT2D eigenvalue weighted by Crippen LogP contribution is -2.26. The molecule has 0 radical (unpaired) electrons. The van der Waals surface area contributed by atoms with Crippen molar-refractivity contribution in [1.29, 1.82) is 0 Å². The summed E-state index contributed by atoms with van der Waals surface area (Å²) in [5.74, 6) is 0.297. The molecule has 0 heterocycles. The third-order valence-electron chi connectivity index (χ3n) is 3.92. The second-order valence-corrected chi connectivity index (χ2v) is 7.39. The van der Waals surface area contributed by atoms with Crippen molar-refractivity contribution in [1.82, 2.24) is 4.72 Å². The molecule has 0 unspecified atom stereocenters. The molecule has 0 aliphatic rings. The molecule has 0 aliphatic heterocycles. The average Bonchev–Trinajstić information content (AvgIpc) is 2.57. The van der Waals surface area contributed by atoms with Gasteiger partial charge >= 0.3 is 0 Å². The van der Waals surface area contributed by atoms with Crippen LogP contribution in [0.15, 0.2) is 41.3 Å². The molecular formula is C17H20N2O5S. The predicted octanol–water partition coefficient (Wildman–Crippen LogP) is 2.74. The minimum Gasteiger partial charge on any atom is -0.495 e. The quantitative estimate of drug-likeness (QED) is 0.602. The second-order valence-electron chi connectivity index (χ2n) is 5.66. The van der Waals surface area contributed by atoms with E-state index < -0.39 is 14.9 Å². The van der Waals surface area contributed by atoms with Gasteiger partial charge in [-0.05, 0) is 49.1 Å². The molecule has 0 saturated heterocycles. The Morgan fingerprint density at radius 2 is 1.72 bits per heavy atom. The van der Waals surface area contributed by atoms with Gasteiger partial charge in [0.25, 0.3) is 5.69 Å². The number of benzene rings is 2. The van der Waals surface area contributed by atoms with Crippen LogP contribution < -0.4 is 9.46 Å². The number of sulfonamides is 1. The molecule has 0 fully saturated rings. The molecule has 8 heteroatoms. The molecule has 0 bridgehead atoms. The highest BCUT2D eigenvalue weighted by atomic mass is 32.2. The smallest absolute Gasteiger partial charge is 0.269 e. The molecule has 0 spiro atoms. The Kier molecular flexibility index (Phi) is 5.76. The zero-order chi connectivity index (χ0) is 18.6. The first-order valence-electron chi connectivity index (χ1n) is 7.63. The highest BCUT2D eigenvalue weighted by Crippen LogP contribution is 2.27. The molecule has 134 valence electrons. The number of rotatable bonds is 7. The molecule has 7 nitrogen and oxygen atoms in total. The Hall–Kier alpha value is -2.45. The largest absolute Gasteiger partial charge is 0.495 e. The van der Waals surface area contributed by atoms with Crippen molar-refractivity contribution < 1.29 is 18.1 Å². The first-order chi connectivity index (χ1) is 11.7. The van der Waals surface area contributed by atoms with Crippen LogP contribution in [0.2, 0.25) is 0 Å². The van der Waals surface area contributed by atoms with Gasteiger partial charge in [-0.3, -0.25) is 10.1 Å². The minimum atomic E-state index is -3.72. The van der Waals surface area contributed by atoms with Crippen LogP contribution in [-0.4, -0.2) is 27.0 Å². The number of non-ortho nitro benzene ring substituents is 1. The van der Waals surface area contributed by atoms with Crippen LogP contribution in [-0.2, 0) is 16.4 Å². The van der Waals surface area contributed by atoms with Gasteiger partial charge in [0, 0.05) is 18.7 Å². The van der Waals surface area contributed by atoms with Crippen molar-refractivity contribution in [3.63, 3.8) is 0 Å². The standard InChI is InChI=1S/C17H20N2O5S/c1-12-10-16(24-3)17(11-13(12)2)25(22,23)18-9-8-14-4-6-15(7-5-14)19(20)21/h4-7,10-11,18H,8-9H2,1-3H3. The summed E-state index contributed by atoms with van der Waals surface area (Å²) in [7, 11) is -2.29. The van der Waals surface area contributed by atoms with Gasteiger partial charge in [-0.1, -0.05) is 12.1 Å². The Morgan fingerprint density at radius 3 is 2.28 bits per heavy atom. The molecule has 0 amide bonds. The SMILES string of the molecule is COc1cc(C)c(C)cc1S(=O)(=O)NCCc1ccc([N+](=O)[O-])cc1. The van der Waals surface area contributed by atoms with E-state index in [4.69, 9.17) is 4.74 Å². The van der Waals surface area contributed by atoms with Crippen molar-refractivity contribution in [3.05, 3.63) is 63.2 Å². The molecule has 25 heavy (non-hydrogen) atoms. The number of hydrogen-bond donors (Lipinski definition) is 1. The lowest BCUT2D eigenvalue weighted by molar-refractivity contribution is -0.384. The molecule has 1 N–H and O–H groups in total. The van der Waals surface area contributed by atoms with Gasteiger partial charge in [0.05, 0.1) is 12.0 Å². The lowest BCUT2D eigenvalue weighted by Gasteiger charge is -2.13. The van der Waals surface area contributed by atoms with E-state index in [1.165, 1.54) is 19.2 Å². The molecule has 2 rings (SSSR count). The van der Waals surface area contributed by atoms with Gasteiger partial charge in [0.2, 0.25) is 10.0 Å². The number of methoxy groups -OCH3 is 1. The molecule has 2 aromatic carbocycles. The summed E-state index contributed by atoms with van der Waals surface area (Å²) in [6, 6.07) is 9.31. The molecule has 0 aliphatic carbocycles. The summed E-state index contributed by atoms with van der Waals surface area (Å²) in [4.78, 5) is 10.3. The van der Waals surface area contributed by atoms with E-state index in [1.807, 2.05) is 13.8 Å². The number of nitro benzene ring substituents is 1. The summed E-state index contributed by atoms with van der Waals surface area (Å²) in [6.07, 6.45) is 0.421. The van der Waals surface area contributed by atoms with Crippen LogP contribution in [0, 0.1) is 24.0 Å². The predicted molar refractivity (Wildman–Crippen MR) is 94.5 cm³/mol. The van der Waals surface area contributed by atoms with E-state index in [9.17, 15) is 18.5 Å². The third-order valence-corrected chi connectivity index (χ3v) is 5.40. The van der Waals surface area contributed by atoms with E-state index in [0.717, 1.165) is 16.7 Å². The van der Waals surface area contributed by atoms with Gasteiger partial charge in [-0.2, -0.15) is 0 Å². The van der Waals surface area contributed by atoms with Crippen molar-refractivity contribution in [2.45, 2.75) is 25.2 Å². The number of aryl methyl sites for hydroxylation is 2. The second kappa shape index (κ2) is 7.62. The number of ether oxygens (including phenoxy) is 1. The number of nitrogens with one attached hydrogen (secondary N) is 1. The number of hydrogen-bond acceptors (Lipinski definition) is 5. The van der Waals surface area contributed by atoms with Crippen LogP contribution >= 0.6 is 0 Å². The first-order valence-corrected chi connectivity index (χ1v) is 9.11. The van der Waals surface area contributed by atoms with E-state index in [-0.39, 0.29) is 17.1 Å². The molecule has 0 saturated carbocycles. The summed E-state index contributed by atoms with van der Waals surface area (Å²) in [6.45, 7) is 3.90.